The lowest BCUT2D eigenvalue weighted by Crippen LogP contribution is -2.29. The summed E-state index contributed by atoms with van der Waals surface area (Å²) in [5.41, 5.74) is 1.91. The lowest BCUT2D eigenvalue weighted by Gasteiger charge is -2.20. The van der Waals surface area contributed by atoms with Crippen LogP contribution in [-0.4, -0.2) is 44.1 Å². The van der Waals surface area contributed by atoms with Crippen molar-refractivity contribution in [1.29, 1.82) is 0 Å². The minimum atomic E-state index is -0.0954. The van der Waals surface area contributed by atoms with Crippen molar-refractivity contribution in [2.75, 3.05) is 32.6 Å². The average Bonchev–Trinajstić information content (AvgIpc) is 2.42. The highest BCUT2D eigenvalue weighted by molar-refractivity contribution is 5.95. The van der Waals surface area contributed by atoms with E-state index in [1.807, 2.05) is 18.2 Å². The zero-order chi connectivity index (χ0) is 14.5. The van der Waals surface area contributed by atoms with E-state index < -0.39 is 0 Å². The summed E-state index contributed by atoms with van der Waals surface area (Å²) in [5.74, 6) is 0.649. The Morgan fingerprint density at radius 2 is 2.25 bits per heavy atom. The van der Waals surface area contributed by atoms with Gasteiger partial charge in [0.05, 0.1) is 5.69 Å². The Kier molecular flexibility index (Phi) is 4.98. The van der Waals surface area contributed by atoms with Crippen LogP contribution in [0.25, 0.3) is 0 Å². The third kappa shape index (κ3) is 4.21. The van der Waals surface area contributed by atoms with Crippen LogP contribution < -0.4 is 15.4 Å². The largest absolute Gasteiger partial charge is 0.482 e. The van der Waals surface area contributed by atoms with Crippen LogP contribution in [-0.2, 0) is 11.3 Å². The molecule has 110 valence electrons. The van der Waals surface area contributed by atoms with Gasteiger partial charge in [-0.05, 0) is 51.7 Å². The van der Waals surface area contributed by atoms with Crippen LogP contribution >= 0.6 is 0 Å². The predicted octanol–water partition coefficient (Wildman–Crippen LogP) is 1.45. The number of nitrogens with zero attached hydrogens (tertiary/aromatic N) is 1. The van der Waals surface area contributed by atoms with Crippen molar-refractivity contribution >= 4 is 11.6 Å². The zero-order valence-corrected chi connectivity index (χ0v) is 12.4. The van der Waals surface area contributed by atoms with Gasteiger partial charge in [-0.1, -0.05) is 6.07 Å². The quantitative estimate of drug-likeness (QED) is 0.826. The second-order valence-corrected chi connectivity index (χ2v) is 5.54. The predicted molar refractivity (Wildman–Crippen MR) is 80.0 cm³/mol. The van der Waals surface area contributed by atoms with Crippen LogP contribution in [0.5, 0.6) is 5.75 Å². The lowest BCUT2D eigenvalue weighted by molar-refractivity contribution is -0.118. The van der Waals surface area contributed by atoms with Gasteiger partial charge in [-0.25, -0.2) is 0 Å². The van der Waals surface area contributed by atoms with Gasteiger partial charge in [-0.15, -0.1) is 0 Å². The molecule has 0 aromatic heterocycles. The molecule has 1 atom stereocenters. The van der Waals surface area contributed by atoms with Crippen molar-refractivity contribution in [3.05, 3.63) is 23.8 Å². The molecule has 0 saturated heterocycles. The number of amides is 1. The van der Waals surface area contributed by atoms with E-state index in [0.717, 1.165) is 36.5 Å². The summed E-state index contributed by atoms with van der Waals surface area (Å²) in [5, 5.41) is 6.32. The van der Waals surface area contributed by atoms with Crippen LogP contribution in [0.3, 0.4) is 0 Å². The van der Waals surface area contributed by atoms with Crippen molar-refractivity contribution in [3.63, 3.8) is 0 Å². The average molecular weight is 277 g/mol. The highest BCUT2D eigenvalue weighted by atomic mass is 16.5. The minimum absolute atomic E-state index is 0.0954. The van der Waals surface area contributed by atoms with Crippen molar-refractivity contribution in [3.8, 4) is 5.75 Å². The monoisotopic (exact) mass is 277 g/mol. The lowest BCUT2D eigenvalue weighted by atomic mass is 10.1. The Balaban J connectivity index is 1.87. The first kappa shape index (κ1) is 14.8. The van der Waals surface area contributed by atoms with Gasteiger partial charge in [-0.3, -0.25) is 4.79 Å². The molecule has 1 amide bonds. The molecule has 0 bridgehead atoms. The van der Waals surface area contributed by atoms with Gasteiger partial charge < -0.3 is 20.3 Å². The fourth-order valence-electron chi connectivity index (χ4n) is 2.09. The number of rotatable bonds is 6. The summed E-state index contributed by atoms with van der Waals surface area (Å²) >= 11 is 0. The van der Waals surface area contributed by atoms with E-state index in [2.05, 4.69) is 36.6 Å². The SMILES string of the molecule is CC(CCN(C)C)NCc1ccc2c(c1)NC(=O)CO2. The number of hydrogen-bond acceptors (Lipinski definition) is 4. The third-order valence-corrected chi connectivity index (χ3v) is 3.34. The first-order valence-electron chi connectivity index (χ1n) is 6.98. The molecule has 2 rings (SSSR count). The highest BCUT2D eigenvalue weighted by Gasteiger charge is 2.15. The summed E-state index contributed by atoms with van der Waals surface area (Å²) in [6.45, 7) is 4.15. The van der Waals surface area contributed by atoms with Gasteiger partial charge in [0.2, 0.25) is 0 Å². The van der Waals surface area contributed by atoms with Crippen LogP contribution in [0.2, 0.25) is 0 Å². The molecule has 1 aliphatic rings. The van der Waals surface area contributed by atoms with Gasteiger partial charge in [-0.2, -0.15) is 0 Å². The smallest absolute Gasteiger partial charge is 0.262 e. The topological polar surface area (TPSA) is 53.6 Å². The molecule has 0 aliphatic carbocycles. The standard InChI is InChI=1S/C15H23N3O2/c1-11(6-7-18(2)3)16-9-12-4-5-14-13(8-12)17-15(19)10-20-14/h4-5,8,11,16H,6-7,9-10H2,1-3H3,(H,17,19). The molecule has 1 unspecified atom stereocenters. The Morgan fingerprint density at radius 3 is 3.00 bits per heavy atom. The first-order chi connectivity index (χ1) is 9.54. The van der Waals surface area contributed by atoms with Gasteiger partial charge in [0.25, 0.3) is 5.91 Å². The minimum Gasteiger partial charge on any atom is -0.482 e. The molecular weight excluding hydrogens is 254 g/mol. The molecule has 1 aliphatic heterocycles. The highest BCUT2D eigenvalue weighted by Crippen LogP contribution is 2.28. The van der Waals surface area contributed by atoms with E-state index in [1.165, 1.54) is 0 Å². The Morgan fingerprint density at radius 1 is 1.45 bits per heavy atom. The van der Waals surface area contributed by atoms with Crippen LogP contribution in [0.4, 0.5) is 5.69 Å². The third-order valence-electron chi connectivity index (χ3n) is 3.34. The van der Waals surface area contributed by atoms with E-state index in [9.17, 15) is 4.79 Å². The molecule has 20 heavy (non-hydrogen) atoms. The number of ether oxygens (including phenoxy) is 1. The molecule has 5 nitrogen and oxygen atoms in total. The molecule has 0 spiro atoms. The fraction of sp³-hybridized carbons (Fsp3) is 0.533. The number of carbonyl (C=O) groups is 1. The molecule has 0 saturated carbocycles. The summed E-state index contributed by atoms with van der Waals surface area (Å²) in [6, 6.07) is 6.37. The number of hydrogen-bond donors (Lipinski definition) is 2. The Labute approximate surface area is 120 Å². The number of nitrogens with one attached hydrogen (secondary N) is 2. The van der Waals surface area contributed by atoms with Gasteiger partial charge in [0, 0.05) is 12.6 Å². The normalized spacial score (nSPS) is 15.5. The van der Waals surface area contributed by atoms with Crippen LogP contribution in [0.15, 0.2) is 18.2 Å². The number of anilines is 1. The van der Waals surface area contributed by atoms with Crippen molar-refractivity contribution in [2.24, 2.45) is 0 Å². The molecule has 2 N–H and O–H groups in total. The van der Waals surface area contributed by atoms with Crippen LogP contribution in [0.1, 0.15) is 18.9 Å². The summed E-state index contributed by atoms with van der Waals surface area (Å²) < 4.78 is 5.34. The Bertz CT molecular complexity index is 474. The molecule has 5 heteroatoms. The van der Waals surface area contributed by atoms with Gasteiger partial charge in [0.15, 0.2) is 6.61 Å². The van der Waals surface area contributed by atoms with Crippen molar-refractivity contribution < 1.29 is 9.53 Å². The maximum atomic E-state index is 11.3. The number of carbonyl (C=O) groups excluding carboxylic acids is 1. The maximum Gasteiger partial charge on any atom is 0.262 e. The van der Waals surface area contributed by atoms with Gasteiger partial charge in [0.1, 0.15) is 5.75 Å². The Hall–Kier alpha value is -1.59. The van der Waals surface area contributed by atoms with Crippen molar-refractivity contribution in [2.45, 2.75) is 25.9 Å². The van der Waals surface area contributed by atoms with E-state index in [-0.39, 0.29) is 12.5 Å². The molecular formula is C15H23N3O2. The number of fused-ring (bicyclic) bond motifs is 1. The van der Waals surface area contributed by atoms with Crippen molar-refractivity contribution in [1.82, 2.24) is 10.2 Å². The molecule has 1 aromatic carbocycles. The molecule has 1 heterocycles. The maximum absolute atomic E-state index is 11.3. The fourth-order valence-corrected chi connectivity index (χ4v) is 2.09. The second kappa shape index (κ2) is 6.72. The summed E-state index contributed by atoms with van der Waals surface area (Å²) in [4.78, 5) is 13.5. The van der Waals surface area contributed by atoms with Gasteiger partial charge >= 0.3 is 0 Å². The summed E-state index contributed by atoms with van der Waals surface area (Å²) in [7, 11) is 4.16. The van der Waals surface area contributed by atoms with E-state index in [0.29, 0.717) is 6.04 Å². The first-order valence-corrected chi connectivity index (χ1v) is 6.98. The van der Waals surface area contributed by atoms with E-state index in [1.54, 1.807) is 0 Å². The molecule has 0 fully saturated rings. The number of benzene rings is 1. The molecule has 1 aromatic rings. The van der Waals surface area contributed by atoms with E-state index in [4.69, 9.17) is 4.74 Å². The van der Waals surface area contributed by atoms with Crippen LogP contribution in [0, 0.1) is 0 Å². The summed E-state index contributed by atoms with van der Waals surface area (Å²) in [6.07, 6.45) is 1.11. The second-order valence-electron chi connectivity index (χ2n) is 5.54. The van der Waals surface area contributed by atoms with E-state index >= 15 is 0 Å². The molecule has 0 radical (unpaired) electrons. The zero-order valence-electron chi connectivity index (χ0n) is 12.4.